The second-order valence-electron chi connectivity index (χ2n) is 6.38. The molecule has 0 saturated heterocycles. The summed E-state index contributed by atoms with van der Waals surface area (Å²) in [6.45, 7) is 3.48. The third kappa shape index (κ3) is 2.43. The summed E-state index contributed by atoms with van der Waals surface area (Å²) in [5, 5.41) is 11.5. The summed E-state index contributed by atoms with van der Waals surface area (Å²) >= 11 is 0. The summed E-state index contributed by atoms with van der Waals surface area (Å²) in [6.07, 6.45) is 3.14. The number of carbonyl (C=O) groups excluding carboxylic acids is 2. The predicted molar refractivity (Wildman–Crippen MR) is 97.7 cm³/mol. The Labute approximate surface area is 153 Å². The van der Waals surface area contributed by atoms with Crippen molar-refractivity contribution in [3.05, 3.63) is 75.1 Å². The van der Waals surface area contributed by atoms with E-state index in [0.29, 0.717) is 16.8 Å². The minimum atomic E-state index is -0.728. The fraction of sp³-hybridized carbons (Fsp3) is 0.100. The van der Waals surface area contributed by atoms with Gasteiger partial charge in [-0.15, -0.1) is 0 Å². The quantitative estimate of drug-likeness (QED) is 0.392. The van der Waals surface area contributed by atoms with Gasteiger partial charge < -0.3 is 0 Å². The van der Waals surface area contributed by atoms with Gasteiger partial charge in [-0.05, 0) is 37.1 Å². The molecular formula is C20H13N3O4. The Balaban J connectivity index is 2.11. The molecule has 1 aromatic carbocycles. The Morgan fingerprint density at radius 3 is 2.33 bits per heavy atom. The van der Waals surface area contributed by atoms with E-state index in [1.165, 1.54) is 6.07 Å². The zero-order valence-electron chi connectivity index (χ0n) is 14.5. The summed E-state index contributed by atoms with van der Waals surface area (Å²) in [4.78, 5) is 45.2. The number of pyridine rings is 2. The third-order valence-corrected chi connectivity index (χ3v) is 4.57. The van der Waals surface area contributed by atoms with Crippen molar-refractivity contribution in [3.63, 3.8) is 0 Å². The van der Waals surface area contributed by atoms with Gasteiger partial charge in [0.05, 0.1) is 21.6 Å². The van der Waals surface area contributed by atoms with E-state index < -0.39 is 16.5 Å². The fourth-order valence-electron chi connectivity index (χ4n) is 3.36. The maximum absolute atomic E-state index is 12.9. The van der Waals surface area contributed by atoms with E-state index in [0.717, 1.165) is 5.56 Å². The third-order valence-electron chi connectivity index (χ3n) is 4.57. The number of nitro groups is 1. The summed E-state index contributed by atoms with van der Waals surface area (Å²) in [7, 11) is 0. The van der Waals surface area contributed by atoms with E-state index in [9.17, 15) is 19.7 Å². The molecule has 0 unspecified atom stereocenters. The lowest BCUT2D eigenvalue weighted by atomic mass is 9.83. The molecule has 7 heteroatoms. The lowest BCUT2D eigenvalue weighted by Gasteiger charge is -2.20. The first-order valence-corrected chi connectivity index (χ1v) is 8.19. The van der Waals surface area contributed by atoms with Gasteiger partial charge in [-0.3, -0.25) is 29.7 Å². The van der Waals surface area contributed by atoms with Crippen LogP contribution >= 0.6 is 0 Å². The van der Waals surface area contributed by atoms with Crippen molar-refractivity contribution in [2.75, 3.05) is 0 Å². The molecule has 0 amide bonds. The first-order chi connectivity index (χ1) is 12.9. The number of nitrogens with zero attached hydrogens (tertiary/aromatic N) is 3. The van der Waals surface area contributed by atoms with Gasteiger partial charge in [0, 0.05) is 24.0 Å². The minimum Gasteiger partial charge on any atom is -0.285 e. The molecule has 0 fully saturated rings. The van der Waals surface area contributed by atoms with E-state index in [4.69, 9.17) is 0 Å². The average molecular weight is 359 g/mol. The summed E-state index contributed by atoms with van der Waals surface area (Å²) < 4.78 is 0. The largest absolute Gasteiger partial charge is 0.285 e. The lowest BCUT2D eigenvalue weighted by molar-refractivity contribution is -0.384. The number of hydrogen-bond donors (Lipinski definition) is 0. The van der Waals surface area contributed by atoms with Crippen molar-refractivity contribution in [2.24, 2.45) is 0 Å². The molecule has 0 bridgehead atoms. The second-order valence-corrected chi connectivity index (χ2v) is 6.38. The molecule has 1 aliphatic rings. The molecule has 2 aromatic heterocycles. The van der Waals surface area contributed by atoms with E-state index in [2.05, 4.69) is 9.97 Å². The van der Waals surface area contributed by atoms with Crippen molar-refractivity contribution >= 4 is 17.3 Å². The molecule has 0 N–H and O–H groups in total. The number of para-hydroxylation sites is 1. The van der Waals surface area contributed by atoms with E-state index in [1.807, 2.05) is 0 Å². The van der Waals surface area contributed by atoms with E-state index in [1.54, 1.807) is 50.5 Å². The summed E-state index contributed by atoms with van der Waals surface area (Å²) in [5.41, 5.74) is 2.67. The van der Waals surface area contributed by atoms with Crippen LogP contribution in [0.3, 0.4) is 0 Å². The standard InChI is InChI=1S/C20H13N3O4/c1-10-7-13-17(21-8-10)18-16(20(25)19(13)24)15(11(2)9-22-18)12-5-3-4-6-14(12)23(26)27/h3-9H,1-2H3. The minimum absolute atomic E-state index is 0.0677. The number of rotatable bonds is 2. The molecule has 0 radical (unpaired) electrons. The Bertz CT molecular complexity index is 1170. The van der Waals surface area contributed by atoms with Crippen LogP contribution in [-0.2, 0) is 0 Å². The Hall–Kier alpha value is -3.74. The van der Waals surface area contributed by atoms with E-state index in [-0.39, 0.29) is 28.1 Å². The van der Waals surface area contributed by atoms with Crippen molar-refractivity contribution in [2.45, 2.75) is 13.8 Å². The maximum Gasteiger partial charge on any atom is 0.277 e. The zero-order chi connectivity index (χ0) is 19.3. The van der Waals surface area contributed by atoms with Crippen LogP contribution in [0, 0.1) is 24.0 Å². The molecule has 7 nitrogen and oxygen atoms in total. The number of hydrogen-bond acceptors (Lipinski definition) is 6. The normalized spacial score (nSPS) is 12.5. The predicted octanol–water partition coefficient (Wildman–Crippen LogP) is 3.71. The molecule has 4 rings (SSSR count). The van der Waals surface area contributed by atoms with Crippen LogP contribution in [0.5, 0.6) is 0 Å². The number of fused-ring (bicyclic) bond motifs is 3. The van der Waals surface area contributed by atoms with Gasteiger partial charge in [-0.25, -0.2) is 0 Å². The summed E-state index contributed by atoms with van der Waals surface area (Å²) in [6, 6.07) is 7.75. The van der Waals surface area contributed by atoms with Crippen LogP contribution < -0.4 is 0 Å². The van der Waals surface area contributed by atoms with Crippen molar-refractivity contribution in [1.82, 2.24) is 9.97 Å². The number of Topliss-reactive ketones (excluding diaryl/α,β-unsaturated/α-hetero) is 2. The number of aryl methyl sites for hydroxylation is 2. The molecule has 132 valence electrons. The molecule has 0 atom stereocenters. The van der Waals surface area contributed by atoms with Crippen molar-refractivity contribution in [1.29, 1.82) is 0 Å². The monoisotopic (exact) mass is 359 g/mol. The van der Waals surface area contributed by atoms with Crippen LogP contribution in [0.1, 0.15) is 31.8 Å². The Kier molecular flexibility index (Phi) is 3.66. The molecule has 1 aliphatic carbocycles. The SMILES string of the molecule is Cc1cnc2c(c1)C(=O)C(=O)c1c-2ncc(C)c1-c1ccccc1[N+](=O)[O-]. The highest BCUT2D eigenvalue weighted by molar-refractivity contribution is 6.53. The lowest BCUT2D eigenvalue weighted by Crippen LogP contribution is -2.24. The molecule has 0 aliphatic heterocycles. The van der Waals surface area contributed by atoms with Crippen LogP contribution in [0.25, 0.3) is 22.5 Å². The molecule has 27 heavy (non-hydrogen) atoms. The van der Waals surface area contributed by atoms with Gasteiger partial charge >= 0.3 is 0 Å². The van der Waals surface area contributed by atoms with Crippen LogP contribution in [-0.4, -0.2) is 26.5 Å². The zero-order valence-corrected chi connectivity index (χ0v) is 14.5. The smallest absolute Gasteiger partial charge is 0.277 e. The second kappa shape index (κ2) is 5.91. The highest BCUT2D eigenvalue weighted by Gasteiger charge is 2.36. The maximum atomic E-state index is 12.9. The molecule has 2 heterocycles. The molecular weight excluding hydrogens is 346 g/mol. The number of nitro benzene ring substituents is 1. The van der Waals surface area contributed by atoms with Crippen LogP contribution in [0.2, 0.25) is 0 Å². The van der Waals surface area contributed by atoms with Crippen molar-refractivity contribution in [3.8, 4) is 22.5 Å². The van der Waals surface area contributed by atoms with Gasteiger partial charge in [-0.1, -0.05) is 12.1 Å². The first-order valence-electron chi connectivity index (χ1n) is 8.19. The van der Waals surface area contributed by atoms with Gasteiger partial charge in [0.1, 0.15) is 11.4 Å². The summed E-state index contributed by atoms with van der Waals surface area (Å²) in [5.74, 6) is -1.41. The highest BCUT2D eigenvalue weighted by atomic mass is 16.6. The van der Waals surface area contributed by atoms with Gasteiger partial charge in [0.25, 0.3) is 5.69 Å². The van der Waals surface area contributed by atoms with Gasteiger partial charge in [0.15, 0.2) is 0 Å². The van der Waals surface area contributed by atoms with Gasteiger partial charge in [0.2, 0.25) is 11.6 Å². The average Bonchev–Trinajstić information content (AvgIpc) is 2.66. The topological polar surface area (TPSA) is 103 Å². The molecule has 3 aromatic rings. The number of ketones is 2. The Morgan fingerprint density at radius 2 is 1.59 bits per heavy atom. The Morgan fingerprint density at radius 1 is 0.889 bits per heavy atom. The van der Waals surface area contributed by atoms with Crippen LogP contribution in [0.4, 0.5) is 5.69 Å². The number of carbonyl (C=O) groups is 2. The highest BCUT2D eigenvalue weighted by Crippen LogP contribution is 2.41. The van der Waals surface area contributed by atoms with Crippen LogP contribution in [0.15, 0.2) is 42.7 Å². The molecule has 0 spiro atoms. The molecule has 0 saturated carbocycles. The fourth-order valence-corrected chi connectivity index (χ4v) is 3.36. The van der Waals surface area contributed by atoms with E-state index >= 15 is 0 Å². The van der Waals surface area contributed by atoms with Gasteiger partial charge in [-0.2, -0.15) is 0 Å². The first kappa shape index (κ1) is 16.7. The number of aromatic nitrogens is 2. The van der Waals surface area contributed by atoms with Crippen molar-refractivity contribution < 1.29 is 14.5 Å². The number of benzene rings is 1.